The van der Waals surface area contributed by atoms with Crippen LogP contribution < -0.4 is 5.73 Å². The van der Waals surface area contributed by atoms with Crippen LogP contribution >= 0.6 is 0 Å². The van der Waals surface area contributed by atoms with Crippen molar-refractivity contribution >= 4 is 0 Å². The van der Waals surface area contributed by atoms with Gasteiger partial charge in [-0.05, 0) is 29.9 Å². The summed E-state index contributed by atoms with van der Waals surface area (Å²) in [5.74, 6) is 0.791. The summed E-state index contributed by atoms with van der Waals surface area (Å²) in [5, 5.41) is 0. The zero-order chi connectivity index (χ0) is 12.4. The van der Waals surface area contributed by atoms with Crippen LogP contribution in [0.5, 0.6) is 0 Å². The van der Waals surface area contributed by atoms with E-state index in [9.17, 15) is 0 Å². The molecule has 98 valence electrons. The van der Waals surface area contributed by atoms with E-state index in [4.69, 9.17) is 10.5 Å². The lowest BCUT2D eigenvalue weighted by molar-refractivity contribution is -0.0550. The van der Waals surface area contributed by atoms with Gasteiger partial charge in [0.05, 0.1) is 18.6 Å². The van der Waals surface area contributed by atoms with E-state index in [-0.39, 0.29) is 5.41 Å². The maximum absolute atomic E-state index is 5.90. The highest BCUT2D eigenvalue weighted by Crippen LogP contribution is 2.35. The maximum Gasteiger partial charge on any atom is 0.0597 e. The first-order valence-electron chi connectivity index (χ1n) is 7.22. The Hall–Kier alpha value is -0.860. The van der Waals surface area contributed by atoms with E-state index in [1.54, 1.807) is 0 Å². The van der Waals surface area contributed by atoms with E-state index in [0.717, 1.165) is 19.1 Å². The van der Waals surface area contributed by atoms with Gasteiger partial charge in [-0.2, -0.15) is 0 Å². The molecular formula is C16H23NO. The van der Waals surface area contributed by atoms with Gasteiger partial charge in [-0.1, -0.05) is 43.5 Å². The molecule has 1 aromatic carbocycles. The SMILES string of the molecule is NCC1(c2ccc(C3CCCCC3)cc2)COC1. The monoisotopic (exact) mass is 245 g/mol. The lowest BCUT2D eigenvalue weighted by Gasteiger charge is -2.41. The van der Waals surface area contributed by atoms with Gasteiger partial charge in [0.1, 0.15) is 0 Å². The molecule has 1 saturated heterocycles. The molecule has 2 fully saturated rings. The fourth-order valence-corrected chi connectivity index (χ4v) is 3.30. The van der Waals surface area contributed by atoms with Crippen LogP contribution in [0.3, 0.4) is 0 Å². The van der Waals surface area contributed by atoms with Crippen LogP contribution in [0.1, 0.15) is 49.1 Å². The largest absolute Gasteiger partial charge is 0.379 e. The Bertz CT molecular complexity index is 383. The molecule has 2 aliphatic rings. The first-order valence-corrected chi connectivity index (χ1v) is 7.22. The average molecular weight is 245 g/mol. The summed E-state index contributed by atoms with van der Waals surface area (Å²) in [6, 6.07) is 9.20. The fourth-order valence-electron chi connectivity index (χ4n) is 3.30. The molecule has 3 rings (SSSR count). The van der Waals surface area contributed by atoms with Crippen molar-refractivity contribution in [3.8, 4) is 0 Å². The highest BCUT2D eigenvalue weighted by Gasteiger charge is 2.38. The molecule has 0 radical (unpaired) electrons. The highest BCUT2D eigenvalue weighted by atomic mass is 16.5. The summed E-state index contributed by atoms with van der Waals surface area (Å²) in [7, 11) is 0. The number of nitrogens with two attached hydrogens (primary N) is 1. The first kappa shape index (κ1) is 12.2. The second-order valence-corrected chi connectivity index (χ2v) is 5.93. The predicted octanol–water partition coefficient (Wildman–Crippen LogP) is 2.96. The van der Waals surface area contributed by atoms with E-state index < -0.39 is 0 Å². The van der Waals surface area contributed by atoms with Gasteiger partial charge in [0.2, 0.25) is 0 Å². The zero-order valence-corrected chi connectivity index (χ0v) is 11.0. The molecule has 1 aliphatic carbocycles. The molecule has 1 aromatic rings. The van der Waals surface area contributed by atoms with Crippen molar-refractivity contribution in [3.63, 3.8) is 0 Å². The van der Waals surface area contributed by atoms with Crippen molar-refractivity contribution in [2.75, 3.05) is 19.8 Å². The molecule has 0 amide bonds. The van der Waals surface area contributed by atoms with Crippen LogP contribution in [0.25, 0.3) is 0 Å². The van der Waals surface area contributed by atoms with Gasteiger partial charge in [0.15, 0.2) is 0 Å². The van der Waals surface area contributed by atoms with Crippen LogP contribution in [-0.4, -0.2) is 19.8 Å². The Kier molecular flexibility index (Phi) is 3.40. The molecule has 0 aromatic heterocycles. The molecule has 1 heterocycles. The van der Waals surface area contributed by atoms with Crippen molar-refractivity contribution in [1.82, 2.24) is 0 Å². The average Bonchev–Trinajstić information content (AvgIpc) is 2.40. The van der Waals surface area contributed by atoms with Crippen molar-refractivity contribution in [3.05, 3.63) is 35.4 Å². The minimum Gasteiger partial charge on any atom is -0.379 e. The second-order valence-electron chi connectivity index (χ2n) is 5.93. The van der Waals surface area contributed by atoms with Gasteiger partial charge in [-0.15, -0.1) is 0 Å². The first-order chi connectivity index (χ1) is 8.84. The summed E-state index contributed by atoms with van der Waals surface area (Å²) < 4.78 is 5.35. The Balaban J connectivity index is 1.76. The minimum absolute atomic E-state index is 0.102. The van der Waals surface area contributed by atoms with Crippen molar-refractivity contribution in [2.24, 2.45) is 5.73 Å². The quantitative estimate of drug-likeness (QED) is 0.888. The van der Waals surface area contributed by atoms with Crippen LogP contribution in [0.15, 0.2) is 24.3 Å². The van der Waals surface area contributed by atoms with Crippen molar-refractivity contribution < 1.29 is 4.74 Å². The normalized spacial score (nSPS) is 23.6. The van der Waals surface area contributed by atoms with E-state index in [0.29, 0.717) is 6.54 Å². The molecule has 1 saturated carbocycles. The van der Waals surface area contributed by atoms with E-state index in [1.807, 2.05) is 0 Å². The number of hydrogen-bond donors (Lipinski definition) is 1. The molecule has 0 spiro atoms. The minimum atomic E-state index is 0.102. The number of ether oxygens (including phenoxy) is 1. The molecule has 0 bridgehead atoms. The van der Waals surface area contributed by atoms with E-state index >= 15 is 0 Å². The third-order valence-corrected chi connectivity index (χ3v) is 4.75. The second kappa shape index (κ2) is 5.02. The lowest BCUT2D eigenvalue weighted by Crippen LogP contribution is -2.52. The van der Waals surface area contributed by atoms with Crippen molar-refractivity contribution in [1.29, 1.82) is 0 Å². The molecular weight excluding hydrogens is 222 g/mol. The molecule has 0 unspecified atom stereocenters. The summed E-state index contributed by atoms with van der Waals surface area (Å²) in [6.45, 7) is 2.26. The smallest absolute Gasteiger partial charge is 0.0597 e. The Labute approximate surface area is 110 Å². The van der Waals surface area contributed by atoms with Crippen LogP contribution in [0, 0.1) is 0 Å². The molecule has 2 heteroatoms. The molecule has 2 N–H and O–H groups in total. The third-order valence-electron chi connectivity index (χ3n) is 4.75. The topological polar surface area (TPSA) is 35.2 Å². The molecule has 2 nitrogen and oxygen atoms in total. The summed E-state index contributed by atoms with van der Waals surface area (Å²) in [5.41, 5.74) is 8.88. The van der Waals surface area contributed by atoms with Gasteiger partial charge in [0, 0.05) is 6.54 Å². The lowest BCUT2D eigenvalue weighted by atomic mass is 9.77. The summed E-state index contributed by atoms with van der Waals surface area (Å²) in [4.78, 5) is 0. The van der Waals surface area contributed by atoms with Gasteiger partial charge in [-0.25, -0.2) is 0 Å². The van der Waals surface area contributed by atoms with Gasteiger partial charge < -0.3 is 10.5 Å². The summed E-state index contributed by atoms with van der Waals surface area (Å²) >= 11 is 0. The van der Waals surface area contributed by atoms with Gasteiger partial charge in [0.25, 0.3) is 0 Å². The number of hydrogen-bond acceptors (Lipinski definition) is 2. The Morgan fingerprint density at radius 3 is 2.22 bits per heavy atom. The zero-order valence-electron chi connectivity index (χ0n) is 11.0. The Morgan fingerprint density at radius 1 is 1.06 bits per heavy atom. The Morgan fingerprint density at radius 2 is 1.72 bits per heavy atom. The van der Waals surface area contributed by atoms with E-state index in [2.05, 4.69) is 24.3 Å². The highest BCUT2D eigenvalue weighted by molar-refractivity contribution is 5.33. The summed E-state index contributed by atoms with van der Waals surface area (Å²) in [6.07, 6.45) is 6.94. The van der Waals surface area contributed by atoms with Crippen LogP contribution in [-0.2, 0) is 10.2 Å². The standard InChI is InChI=1S/C16H23NO/c17-10-16(11-18-12-16)15-8-6-14(7-9-15)13-4-2-1-3-5-13/h6-9,13H,1-5,10-12,17H2. The van der Waals surface area contributed by atoms with Gasteiger partial charge in [-0.3, -0.25) is 0 Å². The van der Waals surface area contributed by atoms with Crippen LogP contribution in [0.2, 0.25) is 0 Å². The maximum atomic E-state index is 5.90. The predicted molar refractivity (Wildman–Crippen MR) is 73.8 cm³/mol. The molecule has 18 heavy (non-hydrogen) atoms. The van der Waals surface area contributed by atoms with Crippen molar-refractivity contribution in [2.45, 2.75) is 43.4 Å². The van der Waals surface area contributed by atoms with Gasteiger partial charge >= 0.3 is 0 Å². The molecule has 0 atom stereocenters. The number of benzene rings is 1. The fraction of sp³-hybridized carbons (Fsp3) is 0.625. The molecule has 1 aliphatic heterocycles. The number of rotatable bonds is 3. The third kappa shape index (κ3) is 2.08. The van der Waals surface area contributed by atoms with Crippen LogP contribution in [0.4, 0.5) is 0 Å². The van der Waals surface area contributed by atoms with E-state index in [1.165, 1.54) is 43.2 Å².